The summed E-state index contributed by atoms with van der Waals surface area (Å²) in [6.45, 7) is -3.55. The summed E-state index contributed by atoms with van der Waals surface area (Å²) >= 11 is 0. The van der Waals surface area contributed by atoms with Crippen LogP contribution in [-0.2, 0) is 4.79 Å². The third-order valence-electron chi connectivity index (χ3n) is 3.17. The number of hydrogen-bond acceptors (Lipinski definition) is 10. The van der Waals surface area contributed by atoms with Gasteiger partial charge in [0, 0.05) is 0 Å². The molecule has 11 nitrogen and oxygen atoms in total. The fraction of sp³-hybridized carbons (Fsp3) is 0.909. The lowest BCUT2D eigenvalue weighted by molar-refractivity contribution is -0.159. The Labute approximate surface area is 125 Å². The molecule has 0 aliphatic heterocycles. The largest absolute Gasteiger partial charge is 0.394 e. The smallest absolute Gasteiger partial charge is 0.252 e. The molecule has 0 aromatic carbocycles. The molecule has 132 valence electrons. The highest BCUT2D eigenvalue weighted by atomic mass is 16.4. The SMILES string of the molecule is O=C(NC(CO)(CO)CO)[C@H](O)[C@H](O)[C@H](O)[C@@H](O)[C@H](O)CO. The number of rotatable bonds is 10. The molecule has 11 heteroatoms. The van der Waals surface area contributed by atoms with E-state index in [0.717, 1.165) is 0 Å². The van der Waals surface area contributed by atoms with Crippen molar-refractivity contribution >= 4 is 5.91 Å². The first kappa shape index (κ1) is 21.1. The highest BCUT2D eigenvalue weighted by molar-refractivity contribution is 5.82. The number of nitrogens with one attached hydrogen (secondary N) is 1. The van der Waals surface area contributed by atoms with Gasteiger partial charge in [-0.3, -0.25) is 4.79 Å². The van der Waals surface area contributed by atoms with Gasteiger partial charge in [0.15, 0.2) is 6.10 Å². The van der Waals surface area contributed by atoms with Gasteiger partial charge < -0.3 is 51.3 Å². The molecule has 0 aliphatic carbocycles. The molecule has 0 spiro atoms. The van der Waals surface area contributed by atoms with Gasteiger partial charge in [-0.1, -0.05) is 0 Å². The maximum atomic E-state index is 11.7. The van der Waals surface area contributed by atoms with Gasteiger partial charge in [0.2, 0.25) is 0 Å². The summed E-state index contributed by atoms with van der Waals surface area (Å²) in [6, 6.07) is 0. The third-order valence-corrected chi connectivity index (χ3v) is 3.17. The van der Waals surface area contributed by atoms with Crippen molar-refractivity contribution in [2.24, 2.45) is 0 Å². The minimum absolute atomic E-state index is 0.872. The Bertz CT molecular complexity index is 329. The second-order valence-corrected chi connectivity index (χ2v) is 4.91. The van der Waals surface area contributed by atoms with Crippen molar-refractivity contribution < 1.29 is 50.8 Å². The van der Waals surface area contributed by atoms with Crippen LogP contribution in [0.4, 0.5) is 0 Å². The highest BCUT2D eigenvalue weighted by Gasteiger charge is 2.39. The molecule has 0 bridgehead atoms. The molecule has 0 saturated heterocycles. The van der Waals surface area contributed by atoms with Crippen LogP contribution in [0.5, 0.6) is 0 Å². The summed E-state index contributed by atoms with van der Waals surface area (Å²) < 4.78 is 0. The Morgan fingerprint density at radius 1 is 0.818 bits per heavy atom. The van der Waals surface area contributed by atoms with Crippen molar-refractivity contribution in [1.29, 1.82) is 0 Å². The normalized spacial score (nSPS) is 19.1. The van der Waals surface area contributed by atoms with Crippen LogP contribution in [0, 0.1) is 0 Å². The molecule has 0 fully saturated rings. The zero-order valence-electron chi connectivity index (χ0n) is 11.6. The van der Waals surface area contributed by atoms with Crippen molar-refractivity contribution in [2.75, 3.05) is 26.4 Å². The average Bonchev–Trinajstić information content (AvgIpc) is 2.55. The standard InChI is InChI=1S/C11H23NO10/c13-1-5(17)6(18)7(19)8(20)9(21)10(22)12-11(2-14,3-15)4-16/h5-9,13-21H,1-4H2,(H,12,22)/t5-,6+,7-,8-,9-/m1/s1. The maximum Gasteiger partial charge on any atom is 0.252 e. The van der Waals surface area contributed by atoms with E-state index in [1.165, 1.54) is 0 Å². The molecule has 0 radical (unpaired) electrons. The lowest BCUT2D eigenvalue weighted by Crippen LogP contribution is -2.62. The van der Waals surface area contributed by atoms with E-state index in [2.05, 4.69) is 0 Å². The minimum Gasteiger partial charge on any atom is -0.394 e. The van der Waals surface area contributed by atoms with Gasteiger partial charge in [-0.25, -0.2) is 0 Å². The summed E-state index contributed by atoms with van der Waals surface area (Å²) in [5.41, 5.74) is -1.86. The van der Waals surface area contributed by atoms with Crippen LogP contribution in [0.2, 0.25) is 0 Å². The Balaban J connectivity index is 4.87. The molecule has 0 aromatic rings. The van der Waals surface area contributed by atoms with Crippen molar-refractivity contribution in [2.45, 2.75) is 36.1 Å². The average molecular weight is 329 g/mol. The minimum atomic E-state index is -2.31. The van der Waals surface area contributed by atoms with Crippen molar-refractivity contribution in [3.05, 3.63) is 0 Å². The Morgan fingerprint density at radius 2 is 1.27 bits per heavy atom. The molecule has 0 unspecified atom stereocenters. The van der Waals surface area contributed by atoms with Crippen LogP contribution < -0.4 is 5.32 Å². The van der Waals surface area contributed by atoms with E-state index in [-0.39, 0.29) is 0 Å². The van der Waals surface area contributed by atoms with Gasteiger partial charge in [-0.15, -0.1) is 0 Å². The predicted octanol–water partition coefficient (Wildman–Crippen LogP) is -6.38. The zero-order chi connectivity index (χ0) is 17.5. The van der Waals surface area contributed by atoms with E-state index >= 15 is 0 Å². The Kier molecular flexibility index (Phi) is 8.92. The van der Waals surface area contributed by atoms with Crippen LogP contribution in [0.15, 0.2) is 0 Å². The van der Waals surface area contributed by atoms with Crippen LogP contribution in [0.1, 0.15) is 0 Å². The number of carbonyl (C=O) groups is 1. The first-order chi connectivity index (χ1) is 10.2. The maximum absolute atomic E-state index is 11.7. The molecule has 22 heavy (non-hydrogen) atoms. The van der Waals surface area contributed by atoms with Gasteiger partial charge in [-0.2, -0.15) is 0 Å². The summed E-state index contributed by atoms with van der Waals surface area (Å²) in [7, 11) is 0. The topological polar surface area (TPSA) is 211 Å². The first-order valence-electron chi connectivity index (χ1n) is 6.35. The zero-order valence-corrected chi connectivity index (χ0v) is 11.6. The summed E-state index contributed by atoms with van der Waals surface area (Å²) in [4.78, 5) is 11.7. The van der Waals surface area contributed by atoms with Crippen LogP contribution >= 0.6 is 0 Å². The molecule has 0 rings (SSSR count). The van der Waals surface area contributed by atoms with E-state index in [0.29, 0.717) is 0 Å². The summed E-state index contributed by atoms with van der Waals surface area (Å²) in [5.74, 6) is -1.35. The molecule has 10 N–H and O–H groups in total. The summed E-state index contributed by atoms with van der Waals surface area (Å²) in [5, 5.41) is 84.7. The van der Waals surface area contributed by atoms with Gasteiger partial charge in [0.25, 0.3) is 5.91 Å². The van der Waals surface area contributed by atoms with E-state index in [9.17, 15) is 25.2 Å². The molecule has 5 atom stereocenters. The summed E-state index contributed by atoms with van der Waals surface area (Å²) in [6.07, 6.45) is -10.6. The second kappa shape index (κ2) is 9.29. The Hall–Kier alpha value is -0.890. The lowest BCUT2D eigenvalue weighted by Gasteiger charge is -2.32. The van der Waals surface area contributed by atoms with Gasteiger partial charge in [0.1, 0.15) is 30.0 Å². The fourth-order valence-electron chi connectivity index (χ4n) is 1.48. The van der Waals surface area contributed by atoms with E-state index in [1.807, 2.05) is 5.32 Å². The van der Waals surface area contributed by atoms with E-state index in [4.69, 9.17) is 25.5 Å². The van der Waals surface area contributed by atoms with Crippen molar-refractivity contribution in [3.63, 3.8) is 0 Å². The van der Waals surface area contributed by atoms with Crippen LogP contribution in [0.25, 0.3) is 0 Å². The molecule has 0 aliphatic rings. The van der Waals surface area contributed by atoms with E-state index in [1.54, 1.807) is 0 Å². The quantitative estimate of drug-likeness (QED) is 0.183. The molecular weight excluding hydrogens is 306 g/mol. The predicted molar refractivity (Wildman–Crippen MR) is 69.3 cm³/mol. The van der Waals surface area contributed by atoms with Crippen LogP contribution in [0.3, 0.4) is 0 Å². The molecule has 0 saturated carbocycles. The molecular formula is C11H23NO10. The lowest BCUT2D eigenvalue weighted by atomic mass is 9.97. The molecule has 1 amide bonds. The third kappa shape index (κ3) is 5.08. The van der Waals surface area contributed by atoms with E-state index < -0.39 is 68.4 Å². The van der Waals surface area contributed by atoms with Gasteiger partial charge >= 0.3 is 0 Å². The molecule has 0 heterocycles. The number of hydrogen-bond donors (Lipinski definition) is 10. The van der Waals surface area contributed by atoms with Gasteiger partial charge in [-0.05, 0) is 0 Å². The highest BCUT2D eigenvalue weighted by Crippen LogP contribution is 2.10. The fourth-order valence-corrected chi connectivity index (χ4v) is 1.48. The first-order valence-corrected chi connectivity index (χ1v) is 6.35. The molecule has 0 aromatic heterocycles. The Morgan fingerprint density at radius 3 is 1.64 bits per heavy atom. The van der Waals surface area contributed by atoms with Crippen molar-refractivity contribution in [1.82, 2.24) is 5.32 Å². The number of amides is 1. The number of aliphatic hydroxyl groups excluding tert-OH is 9. The monoisotopic (exact) mass is 329 g/mol. The number of carbonyl (C=O) groups excluding carboxylic acids is 1. The number of aliphatic hydroxyl groups is 9. The van der Waals surface area contributed by atoms with Crippen molar-refractivity contribution in [3.8, 4) is 0 Å². The van der Waals surface area contributed by atoms with Crippen LogP contribution in [-0.4, -0.2) is 114 Å². The second-order valence-electron chi connectivity index (χ2n) is 4.91. The van der Waals surface area contributed by atoms with Gasteiger partial charge in [0.05, 0.1) is 26.4 Å².